The van der Waals surface area contributed by atoms with Gasteiger partial charge in [0.25, 0.3) is 5.91 Å². The zero-order valence-electron chi connectivity index (χ0n) is 17.1. The highest BCUT2D eigenvalue weighted by molar-refractivity contribution is 7.89. The topological polar surface area (TPSA) is 66.9 Å². The summed E-state index contributed by atoms with van der Waals surface area (Å²) in [4.78, 5) is 14.7. The van der Waals surface area contributed by atoms with Gasteiger partial charge in [0.1, 0.15) is 11.5 Å². The molecule has 4 rings (SSSR count). The fraction of sp³-hybridized carbons (Fsp3) is 0.409. The Morgan fingerprint density at radius 2 is 1.73 bits per heavy atom. The van der Waals surface area contributed by atoms with Gasteiger partial charge in [0.05, 0.1) is 11.5 Å². The van der Waals surface area contributed by atoms with Gasteiger partial charge in [-0.2, -0.15) is 4.31 Å². The van der Waals surface area contributed by atoms with Crippen LogP contribution in [0.5, 0.6) is 0 Å². The third-order valence-corrected chi connectivity index (χ3v) is 7.99. The number of ether oxygens (including phenoxy) is 1. The average molecular weight is 433 g/mol. The second-order valence-corrected chi connectivity index (χ2v) is 9.75. The molecule has 0 unspecified atom stereocenters. The molecule has 0 bridgehead atoms. The Hall–Kier alpha value is -2.29. The van der Waals surface area contributed by atoms with Crippen LogP contribution in [0, 0.1) is 19.7 Å². The van der Waals surface area contributed by atoms with E-state index in [1.54, 1.807) is 11.8 Å². The van der Waals surface area contributed by atoms with Gasteiger partial charge in [-0.3, -0.25) is 4.79 Å². The van der Waals surface area contributed by atoms with Crippen LogP contribution in [0.1, 0.15) is 34.3 Å². The van der Waals surface area contributed by atoms with Crippen molar-refractivity contribution < 1.29 is 22.3 Å². The lowest BCUT2D eigenvalue weighted by molar-refractivity contribution is -0.0857. The van der Waals surface area contributed by atoms with Crippen molar-refractivity contribution in [3.05, 3.63) is 65.0 Å². The van der Waals surface area contributed by atoms with Crippen molar-refractivity contribution >= 4 is 15.9 Å². The van der Waals surface area contributed by atoms with E-state index in [0.717, 1.165) is 5.56 Å². The van der Waals surface area contributed by atoms with Gasteiger partial charge in [-0.05, 0) is 49.2 Å². The highest BCUT2D eigenvalue weighted by Crippen LogP contribution is 2.38. The summed E-state index contributed by atoms with van der Waals surface area (Å²) in [6.45, 7) is 4.79. The third-order valence-electron chi connectivity index (χ3n) is 6.04. The third kappa shape index (κ3) is 3.53. The first-order valence-corrected chi connectivity index (χ1v) is 11.5. The van der Waals surface area contributed by atoms with Crippen LogP contribution < -0.4 is 0 Å². The van der Waals surface area contributed by atoms with Crippen LogP contribution in [-0.2, 0) is 14.8 Å². The Bertz CT molecular complexity index is 1080. The van der Waals surface area contributed by atoms with Gasteiger partial charge in [-0.15, -0.1) is 0 Å². The standard InChI is InChI=1S/C22H25FN2O4S/c1-16-5-3-4-6-19(16)21(26)24-11-9-22(10-12-24)25(13-14-29-22)30(27,28)18-7-8-20(23)17(2)15-18/h3-8,15H,9-14H2,1-2H3. The lowest BCUT2D eigenvalue weighted by atomic mass is 9.99. The Morgan fingerprint density at radius 1 is 1.03 bits per heavy atom. The van der Waals surface area contributed by atoms with E-state index in [1.807, 2.05) is 31.2 Å². The van der Waals surface area contributed by atoms with Crippen molar-refractivity contribution in [3.63, 3.8) is 0 Å². The van der Waals surface area contributed by atoms with Gasteiger partial charge < -0.3 is 9.64 Å². The van der Waals surface area contributed by atoms with E-state index in [0.29, 0.717) is 38.1 Å². The number of nitrogens with zero attached hydrogens (tertiary/aromatic N) is 2. The van der Waals surface area contributed by atoms with Crippen LogP contribution in [0.25, 0.3) is 0 Å². The van der Waals surface area contributed by atoms with Crippen LogP contribution >= 0.6 is 0 Å². The molecule has 0 atom stereocenters. The second-order valence-electron chi connectivity index (χ2n) is 7.89. The molecule has 6 nitrogen and oxygen atoms in total. The molecule has 2 fully saturated rings. The fourth-order valence-corrected chi connectivity index (χ4v) is 6.08. The molecule has 0 radical (unpaired) electrons. The number of hydrogen-bond acceptors (Lipinski definition) is 4. The van der Waals surface area contributed by atoms with Crippen molar-refractivity contribution in [2.75, 3.05) is 26.2 Å². The summed E-state index contributed by atoms with van der Waals surface area (Å²) in [6.07, 6.45) is 0.786. The van der Waals surface area contributed by atoms with Crippen molar-refractivity contribution in [1.29, 1.82) is 0 Å². The summed E-state index contributed by atoms with van der Waals surface area (Å²) >= 11 is 0. The van der Waals surface area contributed by atoms with E-state index >= 15 is 0 Å². The quantitative estimate of drug-likeness (QED) is 0.748. The molecular weight excluding hydrogens is 407 g/mol. The first-order chi connectivity index (χ1) is 14.2. The molecule has 1 amide bonds. The summed E-state index contributed by atoms with van der Waals surface area (Å²) in [6, 6.07) is 11.3. The van der Waals surface area contributed by atoms with Crippen molar-refractivity contribution in [3.8, 4) is 0 Å². The minimum atomic E-state index is -3.84. The number of carbonyl (C=O) groups excluding carboxylic acids is 1. The summed E-state index contributed by atoms with van der Waals surface area (Å²) in [5.41, 5.74) is 0.885. The molecule has 2 aliphatic heterocycles. The average Bonchev–Trinajstić information content (AvgIpc) is 3.14. The van der Waals surface area contributed by atoms with Gasteiger partial charge in [-0.25, -0.2) is 12.8 Å². The van der Waals surface area contributed by atoms with Gasteiger partial charge in [-0.1, -0.05) is 18.2 Å². The van der Waals surface area contributed by atoms with Crippen LogP contribution in [0.15, 0.2) is 47.4 Å². The molecule has 1 spiro atoms. The molecule has 2 aromatic carbocycles. The maximum absolute atomic E-state index is 13.6. The SMILES string of the molecule is Cc1cc(S(=O)(=O)N2CCOC23CCN(C(=O)c2ccccc2C)CC3)ccc1F. The van der Waals surface area contributed by atoms with E-state index < -0.39 is 21.6 Å². The lowest BCUT2D eigenvalue weighted by Gasteiger charge is -2.43. The molecule has 0 aliphatic carbocycles. The van der Waals surface area contributed by atoms with Gasteiger partial charge >= 0.3 is 0 Å². The van der Waals surface area contributed by atoms with Crippen molar-refractivity contribution in [2.45, 2.75) is 37.3 Å². The molecule has 0 N–H and O–H groups in total. The van der Waals surface area contributed by atoms with Crippen LogP contribution in [0.2, 0.25) is 0 Å². The maximum Gasteiger partial charge on any atom is 0.254 e. The number of likely N-dealkylation sites (tertiary alicyclic amines) is 1. The summed E-state index contributed by atoms with van der Waals surface area (Å²) in [7, 11) is -3.84. The molecule has 0 aromatic heterocycles. The number of carbonyl (C=O) groups is 1. The smallest absolute Gasteiger partial charge is 0.254 e. The van der Waals surface area contributed by atoms with Crippen molar-refractivity contribution in [2.24, 2.45) is 0 Å². The zero-order chi connectivity index (χ0) is 21.5. The van der Waals surface area contributed by atoms with Crippen LogP contribution in [0.4, 0.5) is 4.39 Å². The Labute approximate surface area is 176 Å². The molecule has 8 heteroatoms. The molecule has 2 saturated heterocycles. The number of halogens is 1. The van der Waals surface area contributed by atoms with E-state index in [2.05, 4.69) is 0 Å². The Balaban J connectivity index is 1.55. The number of aryl methyl sites for hydroxylation is 2. The number of amides is 1. The predicted octanol–water partition coefficient (Wildman–Crippen LogP) is 3.10. The molecule has 0 saturated carbocycles. The minimum Gasteiger partial charge on any atom is -0.358 e. The highest BCUT2D eigenvalue weighted by Gasteiger charge is 2.51. The van der Waals surface area contributed by atoms with Gasteiger partial charge in [0, 0.05) is 38.0 Å². The van der Waals surface area contributed by atoms with E-state index in [9.17, 15) is 17.6 Å². The summed E-state index contributed by atoms with van der Waals surface area (Å²) in [5.74, 6) is -0.492. The van der Waals surface area contributed by atoms with Crippen LogP contribution in [0.3, 0.4) is 0 Å². The number of hydrogen-bond donors (Lipinski definition) is 0. The minimum absolute atomic E-state index is 0.0514. The number of benzene rings is 2. The van der Waals surface area contributed by atoms with Gasteiger partial charge in [0.2, 0.25) is 10.0 Å². The second kappa shape index (κ2) is 7.76. The monoisotopic (exact) mass is 432 g/mol. The Morgan fingerprint density at radius 3 is 2.40 bits per heavy atom. The van der Waals surface area contributed by atoms with Crippen LogP contribution in [-0.4, -0.2) is 55.5 Å². The normalized spacial score (nSPS) is 19.4. The number of sulfonamides is 1. The lowest BCUT2D eigenvalue weighted by Crippen LogP contribution is -2.55. The zero-order valence-corrected chi connectivity index (χ0v) is 17.9. The van der Waals surface area contributed by atoms with E-state index in [4.69, 9.17) is 4.74 Å². The fourth-order valence-electron chi connectivity index (χ4n) is 4.27. The first-order valence-electron chi connectivity index (χ1n) is 10.0. The predicted molar refractivity (Wildman–Crippen MR) is 110 cm³/mol. The highest BCUT2D eigenvalue weighted by atomic mass is 32.2. The molecule has 2 aliphatic rings. The Kier molecular flexibility index (Phi) is 5.42. The molecule has 2 aromatic rings. The summed E-state index contributed by atoms with van der Waals surface area (Å²) in [5, 5.41) is 0. The first kappa shape index (κ1) is 21.0. The number of rotatable bonds is 3. The maximum atomic E-state index is 13.6. The van der Waals surface area contributed by atoms with E-state index in [-0.39, 0.29) is 22.9 Å². The largest absolute Gasteiger partial charge is 0.358 e. The molecule has 160 valence electrons. The molecule has 30 heavy (non-hydrogen) atoms. The van der Waals surface area contributed by atoms with E-state index in [1.165, 1.54) is 22.5 Å². The molecule has 2 heterocycles. The summed E-state index contributed by atoms with van der Waals surface area (Å²) < 4.78 is 47.6. The van der Waals surface area contributed by atoms with Gasteiger partial charge in [0.15, 0.2) is 0 Å². The molecular formula is C22H25FN2O4S. The van der Waals surface area contributed by atoms with Crippen molar-refractivity contribution in [1.82, 2.24) is 9.21 Å². The number of piperidine rings is 1.